The minimum Gasteiger partial charge on any atom is -0.467 e. The number of carbonyl (C=O) groups excluding carboxylic acids is 2. The molecule has 1 atom stereocenters. The second-order valence-corrected chi connectivity index (χ2v) is 5.20. The van der Waals surface area contributed by atoms with Gasteiger partial charge in [0, 0.05) is 6.54 Å². The van der Waals surface area contributed by atoms with Gasteiger partial charge in [-0.25, -0.2) is 4.79 Å². The molecule has 5 nitrogen and oxygen atoms in total. The first-order valence-electron chi connectivity index (χ1n) is 6.80. The molecule has 2 aliphatic rings. The van der Waals surface area contributed by atoms with Crippen LogP contribution in [-0.4, -0.2) is 49.6 Å². The average molecular weight is 291 g/mol. The number of amides is 1. The van der Waals surface area contributed by atoms with Crippen LogP contribution >= 0.6 is 12.4 Å². The largest absolute Gasteiger partial charge is 0.467 e. The highest BCUT2D eigenvalue weighted by Crippen LogP contribution is 2.27. The van der Waals surface area contributed by atoms with E-state index >= 15 is 0 Å². The van der Waals surface area contributed by atoms with Crippen molar-refractivity contribution in [1.82, 2.24) is 10.2 Å². The zero-order valence-corrected chi connectivity index (χ0v) is 12.2. The molecule has 0 spiro atoms. The van der Waals surface area contributed by atoms with E-state index in [1.165, 1.54) is 20.0 Å². The van der Waals surface area contributed by atoms with Crippen molar-refractivity contribution in [2.45, 2.75) is 38.1 Å². The monoisotopic (exact) mass is 290 g/mol. The highest BCUT2D eigenvalue weighted by Gasteiger charge is 2.32. The Labute approximate surface area is 120 Å². The Morgan fingerprint density at radius 3 is 2.63 bits per heavy atom. The summed E-state index contributed by atoms with van der Waals surface area (Å²) in [5, 5.41) is 3.18. The number of nitrogens with zero attached hydrogens (tertiary/aromatic N) is 1. The Hall–Kier alpha value is -0.810. The summed E-state index contributed by atoms with van der Waals surface area (Å²) in [6, 6.07) is -0.376. The summed E-state index contributed by atoms with van der Waals surface area (Å²) in [5.41, 5.74) is 0. The molecule has 1 aliphatic carbocycles. The number of nitrogens with one attached hydrogen (secondary N) is 1. The number of piperidine rings is 1. The summed E-state index contributed by atoms with van der Waals surface area (Å²) in [4.78, 5) is 25.4. The molecule has 1 unspecified atom stereocenters. The van der Waals surface area contributed by atoms with Crippen LogP contribution in [0.5, 0.6) is 0 Å². The molecule has 1 saturated heterocycles. The van der Waals surface area contributed by atoms with Crippen LogP contribution in [0.2, 0.25) is 0 Å². The van der Waals surface area contributed by atoms with E-state index in [0.29, 0.717) is 13.1 Å². The van der Waals surface area contributed by atoms with Gasteiger partial charge >= 0.3 is 5.97 Å². The van der Waals surface area contributed by atoms with Crippen molar-refractivity contribution in [3.05, 3.63) is 0 Å². The smallest absolute Gasteiger partial charge is 0.328 e. The molecule has 0 aromatic rings. The Balaban J connectivity index is 0.00000180. The summed E-state index contributed by atoms with van der Waals surface area (Å²) in [6.45, 7) is 1.93. The van der Waals surface area contributed by atoms with Gasteiger partial charge in [0.1, 0.15) is 6.04 Å². The van der Waals surface area contributed by atoms with Gasteiger partial charge in [-0.15, -0.1) is 12.4 Å². The molecule has 19 heavy (non-hydrogen) atoms. The number of hydrogen-bond acceptors (Lipinski definition) is 4. The lowest BCUT2D eigenvalue weighted by molar-refractivity contribution is -0.154. The van der Waals surface area contributed by atoms with Gasteiger partial charge < -0.3 is 15.0 Å². The SMILES string of the molecule is COC(=O)C1CCCCN1C(=O)CNCC1CC1.Cl. The van der Waals surface area contributed by atoms with Gasteiger partial charge in [-0.1, -0.05) is 0 Å². The van der Waals surface area contributed by atoms with Crippen LogP contribution in [0.25, 0.3) is 0 Å². The molecule has 6 heteroatoms. The van der Waals surface area contributed by atoms with E-state index < -0.39 is 0 Å². The van der Waals surface area contributed by atoms with Gasteiger partial charge in [0.05, 0.1) is 13.7 Å². The highest BCUT2D eigenvalue weighted by molar-refractivity contribution is 5.86. The van der Waals surface area contributed by atoms with E-state index in [1.54, 1.807) is 4.90 Å². The maximum Gasteiger partial charge on any atom is 0.328 e. The van der Waals surface area contributed by atoms with E-state index in [1.807, 2.05) is 0 Å². The standard InChI is InChI=1S/C13H22N2O3.ClH/c1-18-13(17)11-4-2-3-7-15(11)12(16)9-14-8-10-5-6-10;/h10-11,14H,2-9H2,1H3;1H. The van der Waals surface area contributed by atoms with Gasteiger partial charge in [0.25, 0.3) is 0 Å². The van der Waals surface area contributed by atoms with Crippen LogP contribution < -0.4 is 5.32 Å². The number of esters is 1. The second-order valence-electron chi connectivity index (χ2n) is 5.20. The second kappa shape index (κ2) is 7.70. The van der Waals surface area contributed by atoms with Crippen molar-refractivity contribution in [3.63, 3.8) is 0 Å². The Morgan fingerprint density at radius 1 is 1.26 bits per heavy atom. The zero-order chi connectivity index (χ0) is 13.0. The number of methoxy groups -OCH3 is 1. The Kier molecular flexibility index (Phi) is 6.58. The summed E-state index contributed by atoms with van der Waals surface area (Å²) in [6.07, 6.45) is 5.23. The summed E-state index contributed by atoms with van der Waals surface area (Å²) < 4.78 is 4.77. The number of likely N-dealkylation sites (tertiary alicyclic amines) is 1. The summed E-state index contributed by atoms with van der Waals surface area (Å²) >= 11 is 0. The minimum atomic E-state index is -0.376. The van der Waals surface area contributed by atoms with Crippen molar-refractivity contribution >= 4 is 24.3 Å². The average Bonchev–Trinajstić information content (AvgIpc) is 3.22. The van der Waals surface area contributed by atoms with Gasteiger partial charge in [-0.05, 0) is 44.6 Å². The molecule has 2 fully saturated rings. The van der Waals surface area contributed by atoms with Crippen LogP contribution in [0.3, 0.4) is 0 Å². The number of rotatable bonds is 5. The summed E-state index contributed by atoms with van der Waals surface area (Å²) in [7, 11) is 1.38. The maximum atomic E-state index is 12.1. The zero-order valence-electron chi connectivity index (χ0n) is 11.4. The maximum absolute atomic E-state index is 12.1. The molecule has 0 aromatic carbocycles. The molecule has 2 rings (SSSR count). The molecular formula is C13H23ClN2O3. The fourth-order valence-electron chi connectivity index (χ4n) is 2.42. The lowest BCUT2D eigenvalue weighted by atomic mass is 10.0. The van der Waals surface area contributed by atoms with Crippen molar-refractivity contribution < 1.29 is 14.3 Å². The number of ether oxygens (including phenoxy) is 1. The third-order valence-electron chi connectivity index (χ3n) is 3.70. The first kappa shape index (κ1) is 16.2. The van der Waals surface area contributed by atoms with Crippen LogP contribution in [0, 0.1) is 5.92 Å². The predicted octanol–water partition coefficient (Wildman–Crippen LogP) is 0.962. The first-order chi connectivity index (χ1) is 8.72. The molecule has 0 aromatic heterocycles. The summed E-state index contributed by atoms with van der Waals surface area (Å²) in [5.74, 6) is 0.492. The molecule has 110 valence electrons. The first-order valence-corrected chi connectivity index (χ1v) is 6.80. The topological polar surface area (TPSA) is 58.6 Å². The molecule has 1 heterocycles. The molecule has 1 amide bonds. The van der Waals surface area contributed by atoms with Gasteiger partial charge in [-0.2, -0.15) is 0 Å². The predicted molar refractivity (Wildman–Crippen MR) is 74.2 cm³/mol. The van der Waals surface area contributed by atoms with Crippen molar-refractivity contribution in [2.24, 2.45) is 5.92 Å². The molecule has 0 radical (unpaired) electrons. The van der Waals surface area contributed by atoms with E-state index in [-0.39, 0.29) is 30.3 Å². The number of hydrogen-bond donors (Lipinski definition) is 1. The van der Waals surface area contributed by atoms with Crippen LogP contribution in [0.4, 0.5) is 0 Å². The third-order valence-corrected chi connectivity index (χ3v) is 3.70. The van der Waals surface area contributed by atoms with Crippen molar-refractivity contribution in [1.29, 1.82) is 0 Å². The molecule has 0 bridgehead atoms. The van der Waals surface area contributed by atoms with Crippen LogP contribution in [-0.2, 0) is 14.3 Å². The van der Waals surface area contributed by atoms with Gasteiger partial charge in [0.15, 0.2) is 0 Å². The number of halogens is 1. The van der Waals surface area contributed by atoms with E-state index in [2.05, 4.69) is 5.32 Å². The fourth-order valence-corrected chi connectivity index (χ4v) is 2.42. The van der Waals surface area contributed by atoms with Crippen LogP contribution in [0.1, 0.15) is 32.1 Å². The Bertz CT molecular complexity index is 321. The third kappa shape index (κ3) is 4.66. The van der Waals surface area contributed by atoms with Crippen molar-refractivity contribution in [2.75, 3.05) is 26.7 Å². The van der Waals surface area contributed by atoms with Gasteiger partial charge in [-0.3, -0.25) is 4.79 Å². The molecule has 1 saturated carbocycles. The lowest BCUT2D eigenvalue weighted by Gasteiger charge is -2.33. The van der Waals surface area contributed by atoms with E-state index in [4.69, 9.17) is 4.74 Å². The Morgan fingerprint density at radius 2 is 2.00 bits per heavy atom. The van der Waals surface area contributed by atoms with E-state index in [9.17, 15) is 9.59 Å². The highest BCUT2D eigenvalue weighted by atomic mass is 35.5. The number of carbonyl (C=O) groups is 2. The van der Waals surface area contributed by atoms with Crippen molar-refractivity contribution in [3.8, 4) is 0 Å². The van der Waals surface area contributed by atoms with E-state index in [0.717, 1.165) is 31.7 Å². The minimum absolute atomic E-state index is 0. The van der Waals surface area contributed by atoms with Gasteiger partial charge in [0.2, 0.25) is 5.91 Å². The van der Waals surface area contributed by atoms with Crippen LogP contribution in [0.15, 0.2) is 0 Å². The normalized spacial score (nSPS) is 22.6. The molecule has 1 aliphatic heterocycles. The lowest BCUT2D eigenvalue weighted by Crippen LogP contribution is -2.51. The fraction of sp³-hybridized carbons (Fsp3) is 0.846. The molecule has 1 N–H and O–H groups in total. The molecular weight excluding hydrogens is 268 g/mol. The quantitative estimate of drug-likeness (QED) is 0.766.